The minimum atomic E-state index is 0.591. The van der Waals surface area contributed by atoms with Crippen molar-refractivity contribution in [3.8, 4) is 0 Å². The average molecular weight is 251 g/mol. The molecule has 3 rings (SSSR count). The first-order valence-corrected chi connectivity index (χ1v) is 6.14. The smallest absolute Gasteiger partial charge is 0.155 e. The van der Waals surface area contributed by atoms with Crippen LogP contribution in [-0.2, 0) is 12.8 Å². The summed E-state index contributed by atoms with van der Waals surface area (Å²) in [6.45, 7) is 0. The SMILES string of the molecule is O/N=C(\Cc1ccccc1)c1ccnc2c1CC=N2. The van der Waals surface area contributed by atoms with Crippen molar-refractivity contribution in [2.75, 3.05) is 0 Å². The maximum Gasteiger partial charge on any atom is 0.155 e. The Labute approximate surface area is 111 Å². The average Bonchev–Trinajstić information content (AvgIpc) is 2.94. The van der Waals surface area contributed by atoms with Gasteiger partial charge < -0.3 is 5.21 Å². The van der Waals surface area contributed by atoms with Gasteiger partial charge >= 0.3 is 0 Å². The molecule has 0 atom stereocenters. The Bertz CT molecular complexity index is 648. The molecule has 1 aliphatic rings. The lowest BCUT2D eigenvalue weighted by Crippen LogP contribution is -2.09. The Morgan fingerprint density at radius 1 is 1.21 bits per heavy atom. The second-order valence-electron chi connectivity index (χ2n) is 4.39. The van der Waals surface area contributed by atoms with E-state index >= 15 is 0 Å². The van der Waals surface area contributed by atoms with Gasteiger partial charge in [-0.1, -0.05) is 35.5 Å². The van der Waals surface area contributed by atoms with Crippen LogP contribution in [0.4, 0.5) is 5.82 Å². The lowest BCUT2D eigenvalue weighted by Gasteiger charge is -2.09. The van der Waals surface area contributed by atoms with E-state index < -0.39 is 0 Å². The minimum absolute atomic E-state index is 0.591. The maximum atomic E-state index is 9.30. The summed E-state index contributed by atoms with van der Waals surface area (Å²) in [5, 5.41) is 12.8. The van der Waals surface area contributed by atoms with E-state index in [1.54, 1.807) is 6.20 Å². The van der Waals surface area contributed by atoms with Gasteiger partial charge in [0.15, 0.2) is 5.82 Å². The van der Waals surface area contributed by atoms with Gasteiger partial charge in [0, 0.05) is 36.4 Å². The van der Waals surface area contributed by atoms with E-state index in [0.29, 0.717) is 12.1 Å². The molecular formula is C15H13N3O. The molecule has 19 heavy (non-hydrogen) atoms. The number of aliphatic imine (C=N–C) groups is 1. The molecule has 0 aliphatic carbocycles. The molecule has 4 heteroatoms. The molecule has 0 fully saturated rings. The summed E-state index contributed by atoms with van der Waals surface area (Å²) in [6, 6.07) is 11.8. The monoisotopic (exact) mass is 251 g/mol. The lowest BCUT2D eigenvalue weighted by molar-refractivity contribution is 0.318. The summed E-state index contributed by atoms with van der Waals surface area (Å²) >= 11 is 0. The van der Waals surface area contributed by atoms with Crippen LogP contribution in [0.5, 0.6) is 0 Å². The summed E-state index contributed by atoms with van der Waals surface area (Å²) in [7, 11) is 0. The fraction of sp³-hybridized carbons (Fsp3) is 0.133. The van der Waals surface area contributed by atoms with Crippen molar-refractivity contribution in [2.24, 2.45) is 10.1 Å². The van der Waals surface area contributed by atoms with E-state index in [-0.39, 0.29) is 0 Å². The van der Waals surface area contributed by atoms with Crippen molar-refractivity contribution in [3.63, 3.8) is 0 Å². The highest BCUT2D eigenvalue weighted by Crippen LogP contribution is 2.25. The van der Waals surface area contributed by atoms with Crippen LogP contribution < -0.4 is 0 Å². The van der Waals surface area contributed by atoms with Gasteiger partial charge in [-0.3, -0.25) is 0 Å². The van der Waals surface area contributed by atoms with Crippen LogP contribution in [0.2, 0.25) is 0 Å². The Balaban J connectivity index is 1.95. The second-order valence-corrected chi connectivity index (χ2v) is 4.39. The second kappa shape index (κ2) is 5.02. The van der Waals surface area contributed by atoms with Crippen LogP contribution in [0.25, 0.3) is 0 Å². The molecule has 0 spiro atoms. The molecular weight excluding hydrogens is 238 g/mol. The topological polar surface area (TPSA) is 57.8 Å². The summed E-state index contributed by atoms with van der Waals surface area (Å²) in [6.07, 6.45) is 4.87. The summed E-state index contributed by atoms with van der Waals surface area (Å²) < 4.78 is 0. The zero-order valence-electron chi connectivity index (χ0n) is 10.3. The van der Waals surface area contributed by atoms with Gasteiger partial charge in [0.25, 0.3) is 0 Å². The summed E-state index contributed by atoms with van der Waals surface area (Å²) in [5.41, 5.74) is 3.72. The number of fused-ring (bicyclic) bond motifs is 1. The predicted octanol–water partition coefficient (Wildman–Crippen LogP) is 2.76. The first-order chi connectivity index (χ1) is 9.38. The quantitative estimate of drug-likeness (QED) is 0.518. The van der Waals surface area contributed by atoms with Crippen molar-refractivity contribution < 1.29 is 5.21 Å². The van der Waals surface area contributed by atoms with E-state index in [1.165, 1.54) is 0 Å². The highest BCUT2D eigenvalue weighted by Gasteiger charge is 2.17. The van der Waals surface area contributed by atoms with Gasteiger partial charge in [0.05, 0.1) is 5.71 Å². The molecule has 4 nitrogen and oxygen atoms in total. The molecule has 1 aliphatic heterocycles. The Morgan fingerprint density at radius 2 is 2.05 bits per heavy atom. The summed E-state index contributed by atoms with van der Waals surface area (Å²) in [4.78, 5) is 8.42. The lowest BCUT2D eigenvalue weighted by atomic mass is 9.98. The van der Waals surface area contributed by atoms with Crippen molar-refractivity contribution in [2.45, 2.75) is 12.8 Å². The largest absolute Gasteiger partial charge is 0.411 e. The van der Waals surface area contributed by atoms with E-state index in [1.807, 2.05) is 42.6 Å². The number of oxime groups is 1. The number of nitrogens with zero attached hydrogens (tertiary/aromatic N) is 3. The normalized spacial score (nSPS) is 13.6. The van der Waals surface area contributed by atoms with Crippen LogP contribution >= 0.6 is 0 Å². The maximum absolute atomic E-state index is 9.30. The standard InChI is InChI=1S/C15H13N3O/c19-18-14(10-11-4-2-1-3-5-11)12-6-8-16-15-13(12)7-9-17-15/h1-6,8-9,19H,7,10H2/b18-14+. The van der Waals surface area contributed by atoms with Gasteiger partial charge in [-0.15, -0.1) is 0 Å². The van der Waals surface area contributed by atoms with Crippen LogP contribution in [0.15, 0.2) is 52.7 Å². The molecule has 0 radical (unpaired) electrons. The molecule has 1 aromatic carbocycles. The number of aromatic nitrogens is 1. The molecule has 1 aromatic heterocycles. The Morgan fingerprint density at radius 3 is 2.84 bits per heavy atom. The Kier molecular flexibility index (Phi) is 3.06. The molecule has 0 amide bonds. The van der Waals surface area contributed by atoms with E-state index in [0.717, 1.165) is 28.9 Å². The number of benzene rings is 1. The van der Waals surface area contributed by atoms with Crippen molar-refractivity contribution in [3.05, 3.63) is 59.3 Å². The molecule has 94 valence electrons. The minimum Gasteiger partial charge on any atom is -0.411 e. The van der Waals surface area contributed by atoms with Gasteiger partial charge in [-0.25, -0.2) is 9.98 Å². The molecule has 1 N–H and O–H groups in total. The van der Waals surface area contributed by atoms with Crippen LogP contribution in [0, 0.1) is 0 Å². The molecule has 2 heterocycles. The van der Waals surface area contributed by atoms with Gasteiger partial charge in [-0.2, -0.15) is 0 Å². The fourth-order valence-electron chi connectivity index (χ4n) is 2.26. The van der Waals surface area contributed by atoms with Gasteiger partial charge in [0.1, 0.15) is 0 Å². The van der Waals surface area contributed by atoms with E-state index in [2.05, 4.69) is 15.1 Å². The van der Waals surface area contributed by atoms with Crippen molar-refractivity contribution >= 4 is 17.7 Å². The van der Waals surface area contributed by atoms with Gasteiger partial charge in [0.2, 0.25) is 0 Å². The number of rotatable bonds is 3. The zero-order chi connectivity index (χ0) is 13.1. The highest BCUT2D eigenvalue weighted by molar-refractivity contribution is 6.04. The van der Waals surface area contributed by atoms with Crippen LogP contribution in [-0.4, -0.2) is 22.1 Å². The Hall–Kier alpha value is -2.49. The van der Waals surface area contributed by atoms with Crippen LogP contribution in [0.1, 0.15) is 16.7 Å². The summed E-state index contributed by atoms with van der Waals surface area (Å²) in [5.74, 6) is 0.728. The van der Waals surface area contributed by atoms with Crippen molar-refractivity contribution in [1.29, 1.82) is 0 Å². The molecule has 0 saturated heterocycles. The third-order valence-corrected chi connectivity index (χ3v) is 3.19. The van der Waals surface area contributed by atoms with Crippen molar-refractivity contribution in [1.82, 2.24) is 4.98 Å². The molecule has 0 unspecified atom stereocenters. The third kappa shape index (κ3) is 2.25. The van der Waals surface area contributed by atoms with Gasteiger partial charge in [-0.05, 0) is 11.6 Å². The number of hydrogen-bond donors (Lipinski definition) is 1. The van der Waals surface area contributed by atoms with Crippen LogP contribution in [0.3, 0.4) is 0 Å². The highest BCUT2D eigenvalue weighted by atomic mass is 16.4. The number of hydrogen-bond acceptors (Lipinski definition) is 4. The predicted molar refractivity (Wildman–Crippen MR) is 74.6 cm³/mol. The number of pyridine rings is 1. The molecule has 0 bridgehead atoms. The first kappa shape index (κ1) is 11.6. The van der Waals surface area contributed by atoms with E-state index in [9.17, 15) is 5.21 Å². The van der Waals surface area contributed by atoms with E-state index in [4.69, 9.17) is 0 Å². The fourth-order valence-corrected chi connectivity index (χ4v) is 2.26. The molecule has 2 aromatic rings. The zero-order valence-corrected chi connectivity index (χ0v) is 10.3. The first-order valence-electron chi connectivity index (χ1n) is 6.14. The third-order valence-electron chi connectivity index (χ3n) is 3.19. The molecule has 0 saturated carbocycles.